The molecule has 1 aromatic carbocycles. The highest BCUT2D eigenvalue weighted by molar-refractivity contribution is 5.83. The lowest BCUT2D eigenvalue weighted by Crippen LogP contribution is -2.57. The molecular weight excluding hydrogens is 272 g/mol. The van der Waals surface area contributed by atoms with Crippen LogP contribution in [0.5, 0.6) is 0 Å². The van der Waals surface area contributed by atoms with Gasteiger partial charge in [-0.1, -0.05) is 30.3 Å². The van der Waals surface area contributed by atoms with Crippen LogP contribution in [0.4, 0.5) is 4.79 Å². The van der Waals surface area contributed by atoms with Crippen LogP contribution in [-0.2, 0) is 16.0 Å². The second kappa shape index (κ2) is 7.08. The lowest BCUT2D eigenvalue weighted by molar-refractivity contribution is -0.147. The fourth-order valence-corrected chi connectivity index (χ4v) is 2.36. The van der Waals surface area contributed by atoms with Gasteiger partial charge in [0.1, 0.15) is 0 Å². The lowest BCUT2D eigenvalue weighted by Gasteiger charge is -2.33. The molecule has 0 aliphatic carbocycles. The predicted molar refractivity (Wildman–Crippen MR) is 77.1 cm³/mol. The molecule has 21 heavy (non-hydrogen) atoms. The Hall–Kier alpha value is -2.08. The first-order valence-electron chi connectivity index (χ1n) is 6.99. The zero-order chi connectivity index (χ0) is 15.2. The predicted octanol–water partition coefficient (Wildman–Crippen LogP) is 1.11. The van der Waals surface area contributed by atoms with Crippen molar-refractivity contribution in [3.63, 3.8) is 0 Å². The molecule has 1 aliphatic heterocycles. The molecular formula is C15H20N2O4. The number of nitrogens with one attached hydrogen (secondary N) is 1. The zero-order valence-electron chi connectivity index (χ0n) is 12.0. The third kappa shape index (κ3) is 4.19. The Labute approximate surface area is 123 Å². The number of rotatable bonds is 4. The number of carbonyl (C=O) groups excluding carboxylic acids is 1. The van der Waals surface area contributed by atoms with E-state index in [1.54, 1.807) is 0 Å². The van der Waals surface area contributed by atoms with Gasteiger partial charge < -0.3 is 20.1 Å². The van der Waals surface area contributed by atoms with Crippen molar-refractivity contribution >= 4 is 12.0 Å². The van der Waals surface area contributed by atoms with Crippen LogP contribution in [0.15, 0.2) is 30.3 Å². The van der Waals surface area contributed by atoms with Gasteiger partial charge >= 0.3 is 12.0 Å². The molecule has 0 aromatic heterocycles. The number of benzene rings is 1. The summed E-state index contributed by atoms with van der Waals surface area (Å²) in [5, 5.41) is 12.0. The highest BCUT2D eigenvalue weighted by atomic mass is 16.5. The standard InChI is InChI=1S/C15H20N2O4/c1-11(9-12-5-3-2-4-6-12)16-15(20)17-7-8-21-10-13(17)14(18)19/h2-6,11,13H,7-10H2,1H3,(H,16,20)(H,18,19). The van der Waals surface area contributed by atoms with Crippen molar-refractivity contribution in [1.29, 1.82) is 0 Å². The Kier molecular flexibility index (Phi) is 5.16. The van der Waals surface area contributed by atoms with Gasteiger partial charge in [-0.2, -0.15) is 0 Å². The molecule has 1 aromatic rings. The van der Waals surface area contributed by atoms with Crippen molar-refractivity contribution < 1.29 is 19.4 Å². The van der Waals surface area contributed by atoms with Gasteiger partial charge in [0, 0.05) is 12.6 Å². The van der Waals surface area contributed by atoms with Crippen LogP contribution in [0.25, 0.3) is 0 Å². The quantitative estimate of drug-likeness (QED) is 0.871. The minimum Gasteiger partial charge on any atom is -0.480 e. The van der Waals surface area contributed by atoms with Crippen LogP contribution < -0.4 is 5.32 Å². The van der Waals surface area contributed by atoms with Gasteiger partial charge in [-0.25, -0.2) is 9.59 Å². The van der Waals surface area contributed by atoms with Crippen LogP contribution in [-0.4, -0.2) is 53.8 Å². The number of hydrogen-bond acceptors (Lipinski definition) is 3. The van der Waals surface area contributed by atoms with E-state index in [2.05, 4.69) is 5.32 Å². The number of carboxylic acids is 1. The normalized spacial score (nSPS) is 19.9. The Balaban J connectivity index is 1.91. The van der Waals surface area contributed by atoms with Crippen molar-refractivity contribution in [2.24, 2.45) is 0 Å². The molecule has 2 rings (SSSR count). The molecule has 0 saturated carbocycles. The Morgan fingerprint density at radius 2 is 2.14 bits per heavy atom. The van der Waals surface area contributed by atoms with E-state index in [1.807, 2.05) is 37.3 Å². The molecule has 0 radical (unpaired) electrons. The summed E-state index contributed by atoms with van der Waals surface area (Å²) in [5.74, 6) is -1.04. The monoisotopic (exact) mass is 292 g/mol. The minimum atomic E-state index is -1.04. The molecule has 1 heterocycles. The number of carbonyl (C=O) groups is 2. The molecule has 1 fully saturated rings. The summed E-state index contributed by atoms with van der Waals surface area (Å²) in [6, 6.07) is 8.50. The second-order valence-corrected chi connectivity index (χ2v) is 5.16. The van der Waals surface area contributed by atoms with Gasteiger partial charge in [-0.3, -0.25) is 0 Å². The van der Waals surface area contributed by atoms with Crippen molar-refractivity contribution in [1.82, 2.24) is 10.2 Å². The largest absolute Gasteiger partial charge is 0.480 e. The van der Waals surface area contributed by atoms with E-state index in [0.29, 0.717) is 19.6 Å². The van der Waals surface area contributed by atoms with Crippen LogP contribution in [0.2, 0.25) is 0 Å². The number of ether oxygens (including phenoxy) is 1. The SMILES string of the molecule is CC(Cc1ccccc1)NC(=O)N1CCOCC1C(=O)O. The summed E-state index contributed by atoms with van der Waals surface area (Å²) >= 11 is 0. The number of amides is 2. The maximum Gasteiger partial charge on any atom is 0.328 e. The average Bonchev–Trinajstić information content (AvgIpc) is 2.48. The highest BCUT2D eigenvalue weighted by Crippen LogP contribution is 2.09. The maximum absolute atomic E-state index is 12.2. The molecule has 114 valence electrons. The Morgan fingerprint density at radius 3 is 2.81 bits per heavy atom. The zero-order valence-corrected chi connectivity index (χ0v) is 12.0. The van der Waals surface area contributed by atoms with Crippen LogP contribution >= 0.6 is 0 Å². The third-order valence-corrected chi connectivity index (χ3v) is 3.43. The third-order valence-electron chi connectivity index (χ3n) is 3.43. The lowest BCUT2D eigenvalue weighted by atomic mass is 10.1. The molecule has 0 spiro atoms. The van der Waals surface area contributed by atoms with E-state index >= 15 is 0 Å². The number of hydrogen-bond donors (Lipinski definition) is 2. The van der Waals surface area contributed by atoms with Gasteiger partial charge in [0.15, 0.2) is 6.04 Å². The molecule has 2 atom stereocenters. The fourth-order valence-electron chi connectivity index (χ4n) is 2.36. The summed E-state index contributed by atoms with van der Waals surface area (Å²) in [6.07, 6.45) is 0.703. The van der Waals surface area contributed by atoms with Crippen molar-refractivity contribution in [2.75, 3.05) is 19.8 Å². The first-order chi connectivity index (χ1) is 10.1. The van der Waals surface area contributed by atoms with Gasteiger partial charge in [-0.05, 0) is 18.9 Å². The summed E-state index contributed by atoms with van der Waals surface area (Å²) in [5.41, 5.74) is 1.13. The van der Waals surface area contributed by atoms with E-state index in [0.717, 1.165) is 5.56 Å². The molecule has 1 aliphatic rings. The molecule has 0 bridgehead atoms. The second-order valence-electron chi connectivity index (χ2n) is 5.16. The molecule has 6 heteroatoms. The van der Waals surface area contributed by atoms with Crippen LogP contribution in [0.1, 0.15) is 12.5 Å². The first-order valence-corrected chi connectivity index (χ1v) is 6.99. The van der Waals surface area contributed by atoms with E-state index in [9.17, 15) is 9.59 Å². The van der Waals surface area contributed by atoms with Crippen LogP contribution in [0, 0.1) is 0 Å². The molecule has 2 unspecified atom stereocenters. The number of urea groups is 1. The van der Waals surface area contributed by atoms with Crippen molar-refractivity contribution in [3.05, 3.63) is 35.9 Å². The first kappa shape index (κ1) is 15.3. The van der Waals surface area contributed by atoms with Gasteiger partial charge in [0.2, 0.25) is 0 Å². The Bertz CT molecular complexity index is 492. The minimum absolute atomic E-state index is 0.0375. The van der Waals surface area contributed by atoms with E-state index in [-0.39, 0.29) is 18.7 Å². The molecule has 2 N–H and O–H groups in total. The number of nitrogens with zero attached hydrogens (tertiary/aromatic N) is 1. The number of morpholine rings is 1. The summed E-state index contributed by atoms with van der Waals surface area (Å²) in [6.45, 7) is 2.60. The molecule has 1 saturated heterocycles. The van der Waals surface area contributed by atoms with E-state index in [4.69, 9.17) is 9.84 Å². The maximum atomic E-state index is 12.2. The fraction of sp³-hybridized carbons (Fsp3) is 0.467. The molecule has 6 nitrogen and oxygen atoms in total. The topological polar surface area (TPSA) is 78.9 Å². The number of aliphatic carboxylic acids is 1. The van der Waals surface area contributed by atoms with Gasteiger partial charge in [0.05, 0.1) is 13.2 Å². The smallest absolute Gasteiger partial charge is 0.328 e. The van der Waals surface area contributed by atoms with Crippen molar-refractivity contribution in [2.45, 2.75) is 25.4 Å². The molecule has 2 amide bonds. The summed E-state index contributed by atoms with van der Waals surface area (Å²) < 4.78 is 5.12. The average molecular weight is 292 g/mol. The highest BCUT2D eigenvalue weighted by Gasteiger charge is 2.33. The summed E-state index contributed by atoms with van der Waals surface area (Å²) in [7, 11) is 0. The van der Waals surface area contributed by atoms with E-state index in [1.165, 1.54) is 4.90 Å². The van der Waals surface area contributed by atoms with Crippen molar-refractivity contribution in [3.8, 4) is 0 Å². The van der Waals surface area contributed by atoms with Gasteiger partial charge in [-0.15, -0.1) is 0 Å². The van der Waals surface area contributed by atoms with Gasteiger partial charge in [0.25, 0.3) is 0 Å². The summed E-state index contributed by atoms with van der Waals surface area (Å²) in [4.78, 5) is 24.7. The Morgan fingerprint density at radius 1 is 1.43 bits per heavy atom. The van der Waals surface area contributed by atoms with Crippen LogP contribution in [0.3, 0.4) is 0 Å². The number of carboxylic acid groups (broad SMARTS) is 1. The van der Waals surface area contributed by atoms with E-state index < -0.39 is 12.0 Å².